The van der Waals surface area contributed by atoms with Gasteiger partial charge in [-0.1, -0.05) is 325 Å². The van der Waals surface area contributed by atoms with Gasteiger partial charge in [0.15, 0.2) is 29.1 Å². The third kappa shape index (κ3) is 12.7. The first kappa shape index (κ1) is 83.5. The molecule has 0 bridgehead atoms. The van der Waals surface area contributed by atoms with Gasteiger partial charge in [0, 0.05) is 98.2 Å². The van der Waals surface area contributed by atoms with Crippen molar-refractivity contribution in [3.63, 3.8) is 0 Å². The summed E-state index contributed by atoms with van der Waals surface area (Å²) in [6.45, 7) is 9.28. The number of nitrogens with zero attached hydrogens (tertiary/aromatic N) is 8. The van der Waals surface area contributed by atoms with E-state index in [4.69, 9.17) is 48.1 Å². The quantitative estimate of drug-likeness (QED) is 0.122. The smallest absolute Gasteiger partial charge is 0.164 e. The van der Waals surface area contributed by atoms with Crippen molar-refractivity contribution < 1.29 is 17.6 Å². The standard InChI is InChI=1S/C44H25N3O.C44H30N2OS.C42H30FN3O/c1-5-15-34-27(11-1)28-12-2-6-16-35(28)44(34)36-17-7-3-13-29(36)32-25-41-33(24-37(32)44)30-21-20-26(23-40(30)48-41)43-46-38-18-8-4-14-31(38)42(47-43)39-19-9-10-22-45-39;1-3-44(2)33-24-25-35-38(30-14-7-9-18-34(30)47-35)37(33)32-17-11-16-29(39(32)44)26-20-22-27(23-21-26)40-42-41(31-15-8-10-19-36(31)48-42)46-43(45-40)28-12-5-4-6-13-28;1-3-42(4-2)33-22-23-36-38(32-13-7-8-15-35(32)47-36)37(33)31-21-18-27(24-34(31)42)40-44-39(26-16-19-28(43)20-17-26)45-41(46-40)30-14-9-11-25-10-5-6-12-29(25)30/h1-25H;4-25H,3H2,1-2H3;5-24H,3-4H2,1-2H3. The van der Waals surface area contributed by atoms with Gasteiger partial charge in [0.2, 0.25) is 0 Å². The monoisotopic (exact) mass is 1860 g/mol. The van der Waals surface area contributed by atoms with E-state index < -0.39 is 5.41 Å². The Morgan fingerprint density at radius 1 is 0.287 bits per heavy atom. The number of rotatable bonds is 11. The molecule has 8 heterocycles. The summed E-state index contributed by atoms with van der Waals surface area (Å²) in [5.74, 6) is 2.77. The summed E-state index contributed by atoms with van der Waals surface area (Å²) in [5, 5.41) is 11.2. The van der Waals surface area contributed by atoms with Crippen molar-refractivity contribution in [1.29, 1.82) is 0 Å². The van der Waals surface area contributed by atoms with Crippen LogP contribution >= 0.6 is 11.3 Å². The number of benzene rings is 18. The van der Waals surface area contributed by atoms with Crippen LogP contribution in [0.1, 0.15) is 91.5 Å². The van der Waals surface area contributed by atoms with E-state index in [1.807, 2.05) is 91.0 Å². The van der Waals surface area contributed by atoms with Gasteiger partial charge in [0.05, 0.1) is 32.5 Å². The summed E-state index contributed by atoms with van der Waals surface area (Å²) >= 11 is 1.77. The van der Waals surface area contributed by atoms with Gasteiger partial charge >= 0.3 is 0 Å². The summed E-state index contributed by atoms with van der Waals surface area (Å²) in [6, 6.07) is 139. The molecule has 4 aliphatic carbocycles. The Morgan fingerprint density at radius 2 is 0.804 bits per heavy atom. The minimum absolute atomic E-state index is 0.132. The van der Waals surface area contributed by atoms with E-state index >= 15 is 0 Å². The van der Waals surface area contributed by atoms with Gasteiger partial charge in [-0.05, 0) is 233 Å². The SMILES string of the molecule is CCC1(C)c2ccc3oc4ccccc4c3c2-c2cccc(-c3ccc(-c4nc(-c5ccccc5)nc5c4sc4ccccc45)cc3)c21.CCC1(CC)c2cc(-c3nc(-c4ccc(F)cc4)nc(-c4cccc5ccccc45)n3)ccc2-c2c1ccc1oc3ccccc3c21.c1ccc(-c2nc(-c3ccc4c(c3)oc3cc5c(cc34)C3(c4ccccc4-c4ccccc43)c3ccccc3-5)nc3ccccc23)nc1. The Labute approximate surface area is 826 Å². The second-order valence-corrected chi connectivity index (χ2v) is 39.1. The number of pyridine rings is 1. The molecule has 0 saturated carbocycles. The molecule has 0 aliphatic heterocycles. The van der Waals surface area contributed by atoms with Crippen molar-refractivity contribution >= 4 is 119 Å². The lowest BCUT2D eigenvalue weighted by Gasteiger charge is -2.30. The Morgan fingerprint density at radius 3 is 1.52 bits per heavy atom. The van der Waals surface area contributed by atoms with E-state index in [1.165, 1.54) is 139 Å². The molecule has 4 aliphatic rings. The molecule has 30 rings (SSSR count). The van der Waals surface area contributed by atoms with Gasteiger partial charge in [0.25, 0.3) is 0 Å². The number of furan rings is 3. The molecule has 8 aromatic heterocycles. The first-order valence-corrected chi connectivity index (χ1v) is 49.8. The molecule has 1 unspecified atom stereocenters. The zero-order chi connectivity index (χ0) is 95.1. The van der Waals surface area contributed by atoms with Crippen LogP contribution in [0, 0.1) is 5.82 Å². The number of halogens is 1. The molecule has 676 valence electrons. The van der Waals surface area contributed by atoms with Gasteiger partial charge in [0.1, 0.15) is 45.0 Å². The molecule has 143 heavy (non-hydrogen) atoms. The van der Waals surface area contributed by atoms with Crippen molar-refractivity contribution in [2.24, 2.45) is 0 Å². The molecule has 0 N–H and O–H groups in total. The van der Waals surface area contributed by atoms with Crippen LogP contribution in [0.5, 0.6) is 0 Å². The normalized spacial score (nSPS) is 14.1. The lowest BCUT2D eigenvalue weighted by Crippen LogP contribution is -2.25. The minimum Gasteiger partial charge on any atom is -0.456 e. The van der Waals surface area contributed by atoms with Crippen LogP contribution < -0.4 is 0 Å². The molecular formula is C130H85FN8O3S. The lowest BCUT2D eigenvalue weighted by molar-refractivity contribution is 0.490. The second kappa shape index (κ2) is 32.5. The highest BCUT2D eigenvalue weighted by Crippen LogP contribution is 2.65. The summed E-state index contributed by atoms with van der Waals surface area (Å²) in [4.78, 5) is 40.0. The minimum atomic E-state index is -0.391. The fourth-order valence-corrected chi connectivity index (χ4v) is 25.2. The average Bonchev–Trinajstić information content (AvgIpc) is 1.49. The molecule has 0 fully saturated rings. The topological polar surface area (TPSA) is 143 Å². The molecule has 0 radical (unpaired) electrons. The molecule has 0 saturated heterocycles. The van der Waals surface area contributed by atoms with Gasteiger partial charge < -0.3 is 13.3 Å². The van der Waals surface area contributed by atoms with Gasteiger partial charge in [-0.2, -0.15) is 0 Å². The Hall–Kier alpha value is -17.7. The van der Waals surface area contributed by atoms with Crippen LogP contribution in [0.2, 0.25) is 0 Å². The first-order chi connectivity index (χ1) is 70.5. The van der Waals surface area contributed by atoms with E-state index in [-0.39, 0.29) is 16.6 Å². The number of hydrogen-bond donors (Lipinski definition) is 0. The van der Waals surface area contributed by atoms with E-state index in [9.17, 15) is 4.39 Å². The molecule has 1 spiro atoms. The van der Waals surface area contributed by atoms with Crippen LogP contribution in [-0.2, 0) is 16.2 Å². The number of hydrogen-bond acceptors (Lipinski definition) is 12. The molecule has 26 aromatic rings. The maximum Gasteiger partial charge on any atom is 0.164 e. The van der Waals surface area contributed by atoms with Crippen LogP contribution in [-0.4, -0.2) is 39.9 Å². The van der Waals surface area contributed by atoms with E-state index in [2.05, 4.69) is 318 Å². The van der Waals surface area contributed by atoms with Gasteiger partial charge in [-0.3, -0.25) is 4.98 Å². The summed E-state index contributed by atoms with van der Waals surface area (Å²) in [7, 11) is 0. The fourth-order valence-electron chi connectivity index (χ4n) is 24.1. The van der Waals surface area contributed by atoms with Crippen LogP contribution in [0.4, 0.5) is 4.39 Å². The van der Waals surface area contributed by atoms with Crippen LogP contribution in [0.25, 0.3) is 243 Å². The summed E-state index contributed by atoms with van der Waals surface area (Å²) in [5.41, 5.74) is 38.2. The number of thiophene rings is 1. The largest absolute Gasteiger partial charge is 0.456 e. The van der Waals surface area contributed by atoms with Crippen molar-refractivity contribution in [1.82, 2.24) is 39.9 Å². The summed E-state index contributed by atoms with van der Waals surface area (Å²) in [6.07, 6.45) is 4.70. The van der Waals surface area contributed by atoms with E-state index in [1.54, 1.807) is 29.7 Å². The number of para-hydroxylation sites is 3. The fraction of sp³-hybridized carbons (Fsp3) is 0.0769. The zero-order valence-electron chi connectivity index (χ0n) is 78.4. The molecular weight excluding hydrogens is 1770 g/mol. The maximum atomic E-state index is 13.9. The Balaban J connectivity index is 0.000000105. The van der Waals surface area contributed by atoms with E-state index in [0.717, 1.165) is 157 Å². The molecule has 13 heteroatoms. The summed E-state index contributed by atoms with van der Waals surface area (Å²) < 4.78 is 35.6. The van der Waals surface area contributed by atoms with Crippen molar-refractivity contribution in [3.05, 3.63) is 457 Å². The zero-order valence-corrected chi connectivity index (χ0v) is 79.2. The number of aromatic nitrogens is 8. The van der Waals surface area contributed by atoms with Crippen LogP contribution in [0.15, 0.2) is 420 Å². The third-order valence-corrected chi connectivity index (χ3v) is 32.1. The predicted molar refractivity (Wildman–Crippen MR) is 580 cm³/mol. The van der Waals surface area contributed by atoms with Crippen LogP contribution in [0.3, 0.4) is 0 Å². The average molecular weight is 1860 g/mol. The molecule has 0 amide bonds. The van der Waals surface area contributed by atoms with Crippen molar-refractivity contribution in [2.75, 3.05) is 0 Å². The van der Waals surface area contributed by atoms with Crippen molar-refractivity contribution in [2.45, 2.75) is 63.2 Å². The Bertz CT molecular complexity index is 9760. The second-order valence-electron chi connectivity index (χ2n) is 38.1. The maximum absolute atomic E-state index is 13.9. The molecule has 11 nitrogen and oxygen atoms in total. The van der Waals surface area contributed by atoms with Crippen molar-refractivity contribution in [3.8, 4) is 135 Å². The highest BCUT2D eigenvalue weighted by atomic mass is 32.1. The predicted octanol–water partition coefficient (Wildman–Crippen LogP) is 34.2. The highest BCUT2D eigenvalue weighted by molar-refractivity contribution is 7.26. The van der Waals surface area contributed by atoms with Gasteiger partial charge in [-0.25, -0.2) is 39.3 Å². The first-order valence-electron chi connectivity index (χ1n) is 49.0. The number of fused-ring (bicyclic) bond motifs is 32. The van der Waals surface area contributed by atoms with Gasteiger partial charge in [-0.15, -0.1) is 11.3 Å². The third-order valence-electron chi connectivity index (χ3n) is 30.9. The molecule has 18 aromatic carbocycles. The lowest BCUT2D eigenvalue weighted by atomic mass is 9.70. The van der Waals surface area contributed by atoms with E-state index in [0.29, 0.717) is 23.3 Å². The Kier molecular flexibility index (Phi) is 19.0. The molecule has 1 atom stereocenters. The highest BCUT2D eigenvalue weighted by Gasteiger charge is 2.52.